The SMILES string of the molecule is CC1CCCCN1c1cc(C(F)(F)F)nc(SCc2ccc(C(=O)O)o2)n1. The van der Waals surface area contributed by atoms with E-state index in [-0.39, 0.29) is 28.5 Å². The number of anilines is 1. The molecular formula is C17H18F3N3O3S. The van der Waals surface area contributed by atoms with Crippen molar-refractivity contribution in [2.75, 3.05) is 11.4 Å². The van der Waals surface area contributed by atoms with Crippen LogP contribution in [0.25, 0.3) is 0 Å². The van der Waals surface area contributed by atoms with Crippen LogP contribution in [0.1, 0.15) is 48.2 Å². The Labute approximate surface area is 157 Å². The zero-order valence-corrected chi connectivity index (χ0v) is 15.3. The molecule has 1 unspecified atom stereocenters. The van der Waals surface area contributed by atoms with Crippen molar-refractivity contribution < 1.29 is 27.5 Å². The highest BCUT2D eigenvalue weighted by molar-refractivity contribution is 7.98. The van der Waals surface area contributed by atoms with Gasteiger partial charge in [-0.3, -0.25) is 0 Å². The van der Waals surface area contributed by atoms with Crippen LogP contribution in [-0.4, -0.2) is 33.6 Å². The summed E-state index contributed by atoms with van der Waals surface area (Å²) in [4.78, 5) is 20.6. The first-order valence-electron chi connectivity index (χ1n) is 8.42. The van der Waals surface area contributed by atoms with Crippen molar-refractivity contribution in [2.45, 2.75) is 49.3 Å². The van der Waals surface area contributed by atoms with Crippen molar-refractivity contribution in [2.24, 2.45) is 0 Å². The average molecular weight is 401 g/mol. The van der Waals surface area contributed by atoms with E-state index < -0.39 is 17.8 Å². The van der Waals surface area contributed by atoms with Gasteiger partial charge in [-0.05, 0) is 38.3 Å². The highest BCUT2D eigenvalue weighted by Crippen LogP contribution is 2.33. The van der Waals surface area contributed by atoms with Crippen molar-refractivity contribution in [1.82, 2.24) is 9.97 Å². The monoisotopic (exact) mass is 401 g/mol. The summed E-state index contributed by atoms with van der Waals surface area (Å²) in [6.45, 7) is 2.62. The molecule has 27 heavy (non-hydrogen) atoms. The summed E-state index contributed by atoms with van der Waals surface area (Å²) in [7, 11) is 0. The normalized spacial score (nSPS) is 17.9. The van der Waals surface area contributed by atoms with E-state index in [1.165, 1.54) is 12.1 Å². The van der Waals surface area contributed by atoms with Crippen molar-refractivity contribution >= 4 is 23.5 Å². The molecule has 10 heteroatoms. The third kappa shape index (κ3) is 4.74. The van der Waals surface area contributed by atoms with Crippen LogP contribution < -0.4 is 4.90 Å². The number of furan rings is 1. The fourth-order valence-electron chi connectivity index (χ4n) is 2.91. The van der Waals surface area contributed by atoms with Crippen LogP contribution in [0.5, 0.6) is 0 Å². The number of carbonyl (C=O) groups is 1. The van der Waals surface area contributed by atoms with Crippen molar-refractivity contribution in [1.29, 1.82) is 0 Å². The van der Waals surface area contributed by atoms with Crippen LogP contribution in [0.15, 0.2) is 27.8 Å². The maximum atomic E-state index is 13.3. The molecule has 0 spiro atoms. The summed E-state index contributed by atoms with van der Waals surface area (Å²) in [6, 6.07) is 3.86. The minimum Gasteiger partial charge on any atom is -0.475 e. The van der Waals surface area contributed by atoms with E-state index in [0.717, 1.165) is 37.1 Å². The van der Waals surface area contributed by atoms with Gasteiger partial charge in [0.1, 0.15) is 11.6 Å². The van der Waals surface area contributed by atoms with Gasteiger partial charge < -0.3 is 14.4 Å². The third-order valence-corrected chi connectivity index (χ3v) is 5.17. The number of nitrogens with zero attached hydrogens (tertiary/aromatic N) is 3. The molecular weight excluding hydrogens is 383 g/mol. The van der Waals surface area contributed by atoms with Gasteiger partial charge in [0.25, 0.3) is 0 Å². The van der Waals surface area contributed by atoms with Crippen LogP contribution in [0.3, 0.4) is 0 Å². The third-order valence-electron chi connectivity index (χ3n) is 4.30. The molecule has 0 bridgehead atoms. The van der Waals surface area contributed by atoms with Crippen LogP contribution in [0.4, 0.5) is 19.0 Å². The molecule has 1 aliphatic rings. The van der Waals surface area contributed by atoms with E-state index in [0.29, 0.717) is 12.3 Å². The molecule has 0 aromatic carbocycles. The minimum absolute atomic E-state index is 0.0223. The van der Waals surface area contributed by atoms with Crippen LogP contribution in [0.2, 0.25) is 0 Å². The lowest BCUT2D eigenvalue weighted by Gasteiger charge is -2.34. The van der Waals surface area contributed by atoms with Crippen molar-refractivity contribution in [3.8, 4) is 0 Å². The standard InChI is InChI=1S/C17H18F3N3O3S/c1-10-4-2-3-7-23(10)14-8-13(17(18,19)20)21-16(22-14)27-9-11-5-6-12(26-11)15(24)25/h5-6,8,10H,2-4,7,9H2,1H3,(H,24,25). The Bertz CT molecular complexity index is 825. The molecule has 1 fully saturated rings. The summed E-state index contributed by atoms with van der Waals surface area (Å²) >= 11 is 0.973. The van der Waals surface area contributed by atoms with Gasteiger partial charge in [0.15, 0.2) is 10.9 Å². The van der Waals surface area contributed by atoms with Gasteiger partial charge in [-0.1, -0.05) is 11.8 Å². The number of carboxylic acid groups (broad SMARTS) is 1. The molecule has 146 valence electrons. The number of rotatable bonds is 5. The molecule has 0 radical (unpaired) electrons. The summed E-state index contributed by atoms with van der Waals surface area (Å²) in [5.41, 5.74) is -0.988. The number of thioether (sulfide) groups is 1. The van der Waals surface area contributed by atoms with Crippen LogP contribution in [-0.2, 0) is 11.9 Å². The molecule has 1 saturated heterocycles. The smallest absolute Gasteiger partial charge is 0.433 e. The first-order valence-corrected chi connectivity index (χ1v) is 9.40. The van der Waals surface area contributed by atoms with Gasteiger partial charge in [-0.25, -0.2) is 14.8 Å². The molecule has 0 amide bonds. The number of piperidine rings is 1. The fourth-order valence-corrected chi connectivity index (χ4v) is 3.66. The highest BCUT2D eigenvalue weighted by atomic mass is 32.2. The van der Waals surface area contributed by atoms with Crippen molar-refractivity contribution in [3.05, 3.63) is 35.4 Å². The summed E-state index contributed by atoms with van der Waals surface area (Å²) in [5, 5.41) is 8.84. The van der Waals surface area contributed by atoms with E-state index in [1.807, 2.05) is 11.8 Å². The maximum Gasteiger partial charge on any atom is 0.433 e. The first kappa shape index (κ1) is 19.5. The van der Waals surface area contributed by atoms with Gasteiger partial charge in [-0.2, -0.15) is 13.2 Å². The van der Waals surface area contributed by atoms with E-state index in [9.17, 15) is 18.0 Å². The topological polar surface area (TPSA) is 79.5 Å². The number of aromatic nitrogens is 2. The molecule has 2 aromatic rings. The van der Waals surface area contributed by atoms with Gasteiger partial charge >= 0.3 is 12.1 Å². The summed E-state index contributed by atoms with van der Waals surface area (Å²) in [5.74, 6) is -0.714. The molecule has 1 N–H and O–H groups in total. The van der Waals surface area contributed by atoms with Crippen molar-refractivity contribution in [3.63, 3.8) is 0 Å². The predicted molar refractivity (Wildman–Crippen MR) is 92.9 cm³/mol. The minimum atomic E-state index is -4.58. The number of halogens is 3. The molecule has 3 rings (SSSR count). The number of hydrogen-bond donors (Lipinski definition) is 1. The number of aromatic carboxylic acids is 1. The zero-order chi connectivity index (χ0) is 19.6. The molecule has 0 aliphatic carbocycles. The second-order valence-electron chi connectivity index (χ2n) is 6.29. The largest absolute Gasteiger partial charge is 0.475 e. The second-order valence-corrected chi connectivity index (χ2v) is 7.23. The Hall–Kier alpha value is -2.23. The number of hydrogen-bond acceptors (Lipinski definition) is 6. The summed E-state index contributed by atoms with van der Waals surface area (Å²) < 4.78 is 44.9. The quantitative estimate of drug-likeness (QED) is 0.585. The van der Waals surface area contributed by atoms with Gasteiger partial charge in [0, 0.05) is 18.7 Å². The Morgan fingerprint density at radius 2 is 2.15 bits per heavy atom. The van der Waals surface area contributed by atoms with Gasteiger partial charge in [-0.15, -0.1) is 0 Å². The number of alkyl halides is 3. The maximum absolute atomic E-state index is 13.3. The molecule has 0 saturated carbocycles. The average Bonchev–Trinajstić information content (AvgIpc) is 3.09. The number of carboxylic acids is 1. The Balaban J connectivity index is 1.84. The first-order chi connectivity index (χ1) is 12.7. The lowest BCUT2D eigenvalue weighted by molar-refractivity contribution is -0.141. The Morgan fingerprint density at radius 3 is 2.78 bits per heavy atom. The van der Waals surface area contributed by atoms with Crippen LogP contribution >= 0.6 is 11.8 Å². The second kappa shape index (κ2) is 7.79. The molecule has 1 atom stereocenters. The fraction of sp³-hybridized carbons (Fsp3) is 0.471. The van der Waals surface area contributed by atoms with Gasteiger partial charge in [0.2, 0.25) is 5.76 Å². The molecule has 3 heterocycles. The van der Waals surface area contributed by atoms with E-state index in [1.54, 1.807) is 0 Å². The lowest BCUT2D eigenvalue weighted by atomic mass is 10.0. The Kier molecular flexibility index (Phi) is 5.64. The highest BCUT2D eigenvalue weighted by Gasteiger charge is 2.35. The van der Waals surface area contributed by atoms with E-state index in [4.69, 9.17) is 9.52 Å². The van der Waals surface area contributed by atoms with Gasteiger partial charge in [0.05, 0.1) is 5.75 Å². The Morgan fingerprint density at radius 1 is 1.37 bits per heavy atom. The van der Waals surface area contributed by atoms with E-state index in [2.05, 4.69) is 9.97 Å². The van der Waals surface area contributed by atoms with E-state index >= 15 is 0 Å². The molecule has 1 aliphatic heterocycles. The molecule has 2 aromatic heterocycles. The molecule has 6 nitrogen and oxygen atoms in total. The van der Waals surface area contributed by atoms with Crippen LogP contribution in [0, 0.1) is 0 Å². The predicted octanol–water partition coefficient (Wildman–Crippen LogP) is 4.46. The zero-order valence-electron chi connectivity index (χ0n) is 14.5. The lowest BCUT2D eigenvalue weighted by Crippen LogP contribution is -2.38. The summed E-state index contributed by atoms with van der Waals surface area (Å²) in [6.07, 6.45) is -1.73.